The van der Waals surface area contributed by atoms with E-state index in [-0.39, 0.29) is 19.1 Å². The highest BCUT2D eigenvalue weighted by atomic mass is 35.5. The van der Waals surface area contributed by atoms with Gasteiger partial charge in [-0.15, -0.1) is 0 Å². The van der Waals surface area contributed by atoms with Crippen molar-refractivity contribution in [2.75, 3.05) is 13.2 Å². The molecule has 0 spiro atoms. The van der Waals surface area contributed by atoms with Gasteiger partial charge in [0.2, 0.25) is 0 Å². The molecule has 0 aromatic heterocycles. The number of hydrazine groups is 1. The first-order chi connectivity index (χ1) is 21.9. The van der Waals surface area contributed by atoms with Gasteiger partial charge in [-0.05, 0) is 72.4 Å². The monoisotopic (exact) mass is 661 g/mol. The van der Waals surface area contributed by atoms with Crippen LogP contribution in [0, 0.1) is 16.7 Å². The van der Waals surface area contributed by atoms with Gasteiger partial charge in [0.25, 0.3) is 0 Å². The van der Waals surface area contributed by atoms with Crippen LogP contribution in [-0.2, 0) is 16.0 Å². The van der Waals surface area contributed by atoms with Crippen molar-refractivity contribution in [1.82, 2.24) is 10.4 Å². The molecular formula is C33H41ClFN3O8. The normalized spacial score (nSPS) is 34.1. The fourth-order valence-electron chi connectivity index (χ4n) is 6.76. The van der Waals surface area contributed by atoms with Gasteiger partial charge in [0.15, 0.2) is 0 Å². The molecule has 6 N–H and O–H groups in total. The maximum absolute atomic E-state index is 13.9. The van der Waals surface area contributed by atoms with Gasteiger partial charge in [-0.2, -0.15) is 5.26 Å². The van der Waals surface area contributed by atoms with Crippen LogP contribution < -0.4 is 10.2 Å². The molecule has 2 saturated heterocycles. The van der Waals surface area contributed by atoms with Crippen molar-refractivity contribution in [2.24, 2.45) is 5.41 Å². The van der Waals surface area contributed by atoms with Crippen LogP contribution in [0.4, 0.5) is 4.39 Å². The summed E-state index contributed by atoms with van der Waals surface area (Å²) in [6.07, 6.45) is -4.61. The number of nitriles is 1. The van der Waals surface area contributed by atoms with Crippen LogP contribution in [0.2, 0.25) is 5.02 Å². The molecule has 1 aliphatic carbocycles. The van der Waals surface area contributed by atoms with Crippen LogP contribution in [-0.4, -0.2) is 98.4 Å². The third-order valence-electron chi connectivity index (χ3n) is 9.62. The molecule has 250 valence electrons. The number of aliphatic hydroxyl groups is 4. The first-order valence-corrected chi connectivity index (χ1v) is 15.9. The highest BCUT2D eigenvalue weighted by Gasteiger charge is 2.46. The zero-order valence-electron chi connectivity index (χ0n) is 25.5. The molecule has 0 bridgehead atoms. The first kappa shape index (κ1) is 34.5. The number of carbonyl (C=O) groups is 1. The number of nitrogens with zero attached hydrogens (tertiary/aromatic N) is 2. The molecule has 2 aliphatic heterocycles. The van der Waals surface area contributed by atoms with Gasteiger partial charge in [-0.25, -0.2) is 14.8 Å². The lowest BCUT2D eigenvalue weighted by Gasteiger charge is -2.42. The van der Waals surface area contributed by atoms with E-state index in [1.54, 1.807) is 18.2 Å². The first-order valence-electron chi connectivity index (χ1n) is 15.6. The molecule has 13 heteroatoms. The number of rotatable bonds is 10. The standard InChI is InChI=1S/C33H41ClFN3O8/c1-33(31(32(43)44)37-38-16-21(35)14-22(38)15-36)10-8-24(9-11-33)45-23-5-2-18(3-6-23)12-20-13-19(4-7-25(20)34)30-29(42)28(41)27(40)26(17-39)46-30/h2-7,13,21-22,24,26-31,37,39-42H,8-12,14,16-17H2,1H3,(H,43,44)/t21-,22?,24?,26+,27+,28-,29+,30-,31+,33?/m0/s1. The van der Waals surface area contributed by atoms with E-state index in [2.05, 4.69) is 5.43 Å². The van der Waals surface area contributed by atoms with E-state index in [1.165, 1.54) is 5.01 Å². The highest BCUT2D eigenvalue weighted by Crippen LogP contribution is 2.41. The number of aliphatic hydroxyl groups excluding tert-OH is 4. The van der Waals surface area contributed by atoms with E-state index in [4.69, 9.17) is 21.1 Å². The molecular weight excluding hydrogens is 621 g/mol. The number of benzene rings is 2. The number of nitrogens with one attached hydrogen (secondary N) is 1. The summed E-state index contributed by atoms with van der Waals surface area (Å²) in [6.45, 7) is 1.38. The maximum Gasteiger partial charge on any atom is 0.322 e. The predicted molar refractivity (Wildman–Crippen MR) is 165 cm³/mol. The van der Waals surface area contributed by atoms with Crippen molar-refractivity contribution in [3.05, 3.63) is 64.2 Å². The Morgan fingerprint density at radius 1 is 1.17 bits per heavy atom. The molecule has 0 amide bonds. The molecule has 1 saturated carbocycles. The maximum atomic E-state index is 13.9. The molecule has 3 fully saturated rings. The van der Waals surface area contributed by atoms with Crippen LogP contribution in [0.1, 0.15) is 61.8 Å². The minimum absolute atomic E-state index is 0.0181. The van der Waals surface area contributed by atoms with Gasteiger partial charge in [0.1, 0.15) is 54.5 Å². The summed E-state index contributed by atoms with van der Waals surface area (Å²) >= 11 is 6.49. The molecule has 0 radical (unpaired) electrons. The zero-order chi connectivity index (χ0) is 33.2. The van der Waals surface area contributed by atoms with Crippen LogP contribution >= 0.6 is 11.6 Å². The molecule has 2 aromatic carbocycles. The van der Waals surface area contributed by atoms with Crippen molar-refractivity contribution < 1.29 is 44.2 Å². The zero-order valence-corrected chi connectivity index (χ0v) is 26.3. The minimum atomic E-state index is -1.48. The molecule has 8 atom stereocenters. The van der Waals surface area contributed by atoms with Crippen LogP contribution in [0.25, 0.3) is 0 Å². The van der Waals surface area contributed by atoms with Gasteiger partial charge in [-0.3, -0.25) is 4.79 Å². The van der Waals surface area contributed by atoms with Gasteiger partial charge in [-0.1, -0.05) is 42.8 Å². The number of carboxylic acid groups (broad SMARTS) is 1. The van der Waals surface area contributed by atoms with Crippen molar-refractivity contribution in [3.63, 3.8) is 0 Å². The second-order valence-electron chi connectivity index (χ2n) is 12.9. The molecule has 2 heterocycles. The fourth-order valence-corrected chi connectivity index (χ4v) is 6.95. The summed E-state index contributed by atoms with van der Waals surface area (Å²) < 4.78 is 25.9. The summed E-state index contributed by atoms with van der Waals surface area (Å²) in [6, 6.07) is 13.1. The second-order valence-corrected chi connectivity index (χ2v) is 13.3. The van der Waals surface area contributed by atoms with Gasteiger partial charge < -0.3 is 35.0 Å². The van der Waals surface area contributed by atoms with Crippen LogP contribution in [0.5, 0.6) is 5.75 Å². The lowest BCUT2D eigenvalue weighted by molar-refractivity contribution is -0.231. The number of aliphatic carboxylic acids is 1. The van der Waals surface area contributed by atoms with E-state index in [0.717, 1.165) is 11.1 Å². The minimum Gasteiger partial charge on any atom is -0.490 e. The number of carboxylic acids is 1. The van der Waals surface area contributed by atoms with Gasteiger partial charge >= 0.3 is 5.97 Å². The summed E-state index contributed by atoms with van der Waals surface area (Å²) in [5.41, 5.74) is 4.61. The van der Waals surface area contributed by atoms with Gasteiger partial charge in [0.05, 0.1) is 18.8 Å². The van der Waals surface area contributed by atoms with Gasteiger partial charge in [0, 0.05) is 18.0 Å². The average Bonchev–Trinajstić information content (AvgIpc) is 3.41. The number of alkyl halides is 1. The second kappa shape index (κ2) is 14.5. The predicted octanol–water partition coefficient (Wildman–Crippen LogP) is 2.67. The Balaban J connectivity index is 1.18. The Morgan fingerprint density at radius 2 is 1.87 bits per heavy atom. The number of hydrogen-bond acceptors (Lipinski definition) is 10. The number of ether oxygens (including phenoxy) is 2. The highest BCUT2D eigenvalue weighted by molar-refractivity contribution is 6.31. The Kier molecular flexibility index (Phi) is 10.9. The van der Waals surface area contributed by atoms with Crippen molar-refractivity contribution >= 4 is 17.6 Å². The van der Waals surface area contributed by atoms with E-state index < -0.39 is 66.8 Å². The lowest BCUT2D eigenvalue weighted by atomic mass is 9.70. The Labute approximate surface area is 272 Å². The smallest absolute Gasteiger partial charge is 0.322 e. The average molecular weight is 662 g/mol. The largest absolute Gasteiger partial charge is 0.490 e. The number of hydrogen-bond donors (Lipinski definition) is 6. The van der Waals surface area contributed by atoms with E-state index >= 15 is 0 Å². The SMILES string of the molecule is CC1([C@H](NN2C[C@@H](F)CC2C#N)C(=O)O)CCC(Oc2ccc(Cc3cc([C@@H]4O[C@H](CO)[C@@H](O)[C@H](O)[C@H]4O)ccc3Cl)cc2)CC1. The quantitative estimate of drug-likeness (QED) is 0.221. The molecule has 5 rings (SSSR count). The summed E-state index contributed by atoms with van der Waals surface area (Å²) in [5, 5.41) is 61.7. The van der Waals surface area contributed by atoms with Crippen LogP contribution in [0.3, 0.4) is 0 Å². The third-order valence-corrected chi connectivity index (χ3v) is 9.99. The summed E-state index contributed by atoms with van der Waals surface area (Å²) in [5.74, 6) is -0.357. The van der Waals surface area contributed by atoms with Crippen molar-refractivity contribution in [2.45, 2.75) is 100 Å². The Morgan fingerprint density at radius 3 is 2.50 bits per heavy atom. The Bertz CT molecular complexity index is 1400. The molecule has 46 heavy (non-hydrogen) atoms. The number of halogens is 2. The van der Waals surface area contributed by atoms with E-state index in [1.807, 2.05) is 37.3 Å². The fraction of sp³-hybridized carbons (Fsp3) is 0.576. The molecule has 11 nitrogen and oxygen atoms in total. The molecule has 1 unspecified atom stereocenters. The lowest BCUT2D eigenvalue weighted by Crippen LogP contribution is -2.58. The Hall–Kier alpha value is -2.86. The summed E-state index contributed by atoms with van der Waals surface area (Å²) in [4.78, 5) is 12.2. The van der Waals surface area contributed by atoms with Crippen molar-refractivity contribution in [3.8, 4) is 11.8 Å². The molecule has 2 aromatic rings. The van der Waals surface area contributed by atoms with Crippen LogP contribution in [0.15, 0.2) is 42.5 Å². The van der Waals surface area contributed by atoms with Crippen molar-refractivity contribution in [1.29, 1.82) is 5.26 Å². The van der Waals surface area contributed by atoms with E-state index in [9.17, 15) is 40.0 Å². The molecule has 3 aliphatic rings. The topological polar surface area (TPSA) is 176 Å². The van der Waals surface area contributed by atoms with E-state index in [0.29, 0.717) is 48.4 Å². The summed E-state index contributed by atoms with van der Waals surface area (Å²) in [7, 11) is 0. The third kappa shape index (κ3) is 7.48.